The second kappa shape index (κ2) is 4.67. The van der Waals surface area contributed by atoms with Crippen molar-refractivity contribution >= 4 is 5.91 Å². The van der Waals surface area contributed by atoms with Gasteiger partial charge in [-0.15, -0.1) is 0 Å². The number of nitrogens with zero attached hydrogens (tertiary/aromatic N) is 1. The van der Waals surface area contributed by atoms with E-state index in [1.54, 1.807) is 0 Å². The summed E-state index contributed by atoms with van der Waals surface area (Å²) in [4.78, 5) is 11.1. The number of carbonyl (C=O) groups excluding carboxylic acids is 1. The molecule has 0 aliphatic heterocycles. The maximum Gasteiger partial charge on any atom is 0.395 e. The molecule has 0 fully saturated rings. The summed E-state index contributed by atoms with van der Waals surface area (Å²) in [6.07, 6.45) is -3.48. The van der Waals surface area contributed by atoms with Gasteiger partial charge in [-0.25, -0.2) is 4.39 Å². The average Bonchev–Trinajstić information content (AvgIpc) is 2.74. The Hall–Kier alpha value is -1.86. The van der Waals surface area contributed by atoms with Gasteiger partial charge < -0.3 is 5.32 Å². The molecule has 2 unspecified atom stereocenters. The molecule has 19 heavy (non-hydrogen) atoms. The van der Waals surface area contributed by atoms with E-state index in [0.29, 0.717) is 5.69 Å². The molecule has 104 valence electrons. The molecular formula is C11H11F4N3O. The molecule has 0 saturated heterocycles. The maximum absolute atomic E-state index is 12.9. The van der Waals surface area contributed by atoms with Crippen LogP contribution < -0.4 is 5.32 Å². The average molecular weight is 277 g/mol. The Balaban J connectivity index is 2.20. The fraction of sp³-hybridized carbons (Fsp3) is 0.455. The highest BCUT2D eigenvalue weighted by atomic mass is 19.4. The monoisotopic (exact) mass is 277 g/mol. The SMILES string of the molecule is C=C(F)C(=O)NC1Cc2[nH]ncc2C(C(F)(F)F)C1. The normalized spacial score (nSPS) is 22.7. The predicted octanol–water partition coefficient (Wildman–Crippen LogP) is 1.97. The molecule has 1 aromatic heterocycles. The van der Waals surface area contributed by atoms with Gasteiger partial charge >= 0.3 is 6.18 Å². The summed E-state index contributed by atoms with van der Waals surface area (Å²) in [6, 6.07) is -0.806. The Morgan fingerprint density at radius 1 is 1.53 bits per heavy atom. The molecule has 1 amide bonds. The number of amides is 1. The van der Waals surface area contributed by atoms with Gasteiger partial charge in [0.05, 0.1) is 12.1 Å². The zero-order valence-electron chi connectivity index (χ0n) is 9.72. The van der Waals surface area contributed by atoms with E-state index in [9.17, 15) is 22.4 Å². The van der Waals surface area contributed by atoms with E-state index in [2.05, 4.69) is 22.1 Å². The van der Waals surface area contributed by atoms with Crippen LogP contribution in [-0.2, 0) is 11.2 Å². The van der Waals surface area contributed by atoms with E-state index in [4.69, 9.17) is 0 Å². The van der Waals surface area contributed by atoms with Crippen LogP contribution in [0.2, 0.25) is 0 Å². The van der Waals surface area contributed by atoms with Crippen molar-refractivity contribution in [3.63, 3.8) is 0 Å². The van der Waals surface area contributed by atoms with Crippen LogP contribution >= 0.6 is 0 Å². The first-order valence-electron chi connectivity index (χ1n) is 5.53. The largest absolute Gasteiger partial charge is 0.395 e. The Labute approximate surface area is 105 Å². The van der Waals surface area contributed by atoms with Crippen molar-refractivity contribution in [2.45, 2.75) is 31.0 Å². The highest BCUT2D eigenvalue weighted by molar-refractivity contribution is 5.90. The van der Waals surface area contributed by atoms with Gasteiger partial charge in [0, 0.05) is 23.7 Å². The second-order valence-electron chi connectivity index (χ2n) is 4.41. The fourth-order valence-electron chi connectivity index (χ4n) is 2.21. The topological polar surface area (TPSA) is 57.8 Å². The Morgan fingerprint density at radius 3 is 2.79 bits per heavy atom. The number of hydrogen-bond acceptors (Lipinski definition) is 2. The quantitative estimate of drug-likeness (QED) is 0.641. The van der Waals surface area contributed by atoms with Gasteiger partial charge in [0.25, 0.3) is 5.91 Å². The number of hydrogen-bond donors (Lipinski definition) is 2. The first kappa shape index (κ1) is 13.6. The molecule has 1 aliphatic rings. The van der Waals surface area contributed by atoms with Crippen LogP contribution in [0.5, 0.6) is 0 Å². The fourth-order valence-corrected chi connectivity index (χ4v) is 2.21. The molecule has 0 aromatic carbocycles. The van der Waals surface area contributed by atoms with Gasteiger partial charge in [-0.05, 0) is 6.42 Å². The minimum absolute atomic E-state index is 0.0806. The van der Waals surface area contributed by atoms with Gasteiger partial charge in [0.2, 0.25) is 0 Å². The van der Waals surface area contributed by atoms with Gasteiger partial charge in [-0.3, -0.25) is 9.89 Å². The van der Waals surface area contributed by atoms with Gasteiger partial charge in [-0.2, -0.15) is 18.3 Å². The van der Waals surface area contributed by atoms with Gasteiger partial charge in [-0.1, -0.05) is 6.58 Å². The van der Waals surface area contributed by atoms with Crippen molar-refractivity contribution in [1.82, 2.24) is 15.5 Å². The molecule has 2 N–H and O–H groups in total. The lowest BCUT2D eigenvalue weighted by Gasteiger charge is -2.30. The third-order valence-corrected chi connectivity index (χ3v) is 3.07. The van der Waals surface area contributed by atoms with Gasteiger partial charge in [0.15, 0.2) is 5.83 Å². The minimum Gasteiger partial charge on any atom is -0.347 e. The number of halogens is 4. The first-order valence-corrected chi connectivity index (χ1v) is 5.53. The van der Waals surface area contributed by atoms with E-state index in [0.717, 1.165) is 6.20 Å². The number of aromatic nitrogens is 2. The maximum atomic E-state index is 12.9. The van der Waals surface area contributed by atoms with Crippen molar-refractivity contribution in [1.29, 1.82) is 0 Å². The lowest BCUT2D eigenvalue weighted by Crippen LogP contribution is -2.42. The summed E-state index contributed by atoms with van der Waals surface area (Å²) in [5.74, 6) is -4.03. The molecule has 0 bridgehead atoms. The number of aromatic amines is 1. The molecule has 1 aliphatic carbocycles. The lowest BCUT2D eigenvalue weighted by atomic mass is 9.83. The van der Waals surface area contributed by atoms with E-state index in [1.165, 1.54) is 0 Å². The van der Waals surface area contributed by atoms with Crippen molar-refractivity contribution in [3.05, 3.63) is 29.9 Å². The molecule has 1 aromatic rings. The van der Waals surface area contributed by atoms with Crippen LogP contribution in [0.3, 0.4) is 0 Å². The van der Waals surface area contributed by atoms with Crippen molar-refractivity contribution in [2.75, 3.05) is 0 Å². The third-order valence-electron chi connectivity index (χ3n) is 3.07. The second-order valence-corrected chi connectivity index (χ2v) is 4.41. The number of carbonyl (C=O) groups is 1. The van der Waals surface area contributed by atoms with Crippen LogP contribution in [0.1, 0.15) is 23.6 Å². The summed E-state index contributed by atoms with van der Waals surface area (Å²) in [5.41, 5.74) is 0.389. The Morgan fingerprint density at radius 2 is 2.21 bits per heavy atom. The molecule has 0 saturated carbocycles. The summed E-state index contributed by atoms with van der Waals surface area (Å²) in [7, 11) is 0. The van der Waals surface area contributed by atoms with E-state index in [-0.39, 0.29) is 18.4 Å². The smallest absolute Gasteiger partial charge is 0.347 e. The molecule has 0 spiro atoms. The molecule has 2 atom stereocenters. The molecule has 1 heterocycles. The van der Waals surface area contributed by atoms with Crippen molar-refractivity contribution in [3.8, 4) is 0 Å². The molecule has 2 rings (SSSR count). The van der Waals surface area contributed by atoms with Crippen LogP contribution in [-0.4, -0.2) is 28.3 Å². The predicted molar refractivity (Wildman–Crippen MR) is 57.9 cm³/mol. The first-order chi connectivity index (χ1) is 8.79. The number of rotatable bonds is 2. The summed E-state index contributed by atoms with van der Waals surface area (Å²) in [6.45, 7) is 2.80. The van der Waals surface area contributed by atoms with E-state index < -0.39 is 29.9 Å². The Kier molecular flexibility index (Phi) is 3.34. The van der Waals surface area contributed by atoms with Crippen LogP contribution in [0.4, 0.5) is 17.6 Å². The molecule has 4 nitrogen and oxygen atoms in total. The zero-order valence-corrected chi connectivity index (χ0v) is 9.72. The summed E-state index contributed by atoms with van der Waals surface area (Å²) < 4.78 is 51.3. The van der Waals surface area contributed by atoms with Crippen LogP contribution in [0.25, 0.3) is 0 Å². The molecular weight excluding hydrogens is 266 g/mol. The van der Waals surface area contributed by atoms with E-state index >= 15 is 0 Å². The van der Waals surface area contributed by atoms with Gasteiger partial charge in [0.1, 0.15) is 0 Å². The third kappa shape index (κ3) is 2.77. The number of alkyl halides is 3. The minimum atomic E-state index is -4.44. The lowest BCUT2D eigenvalue weighted by molar-refractivity contribution is -0.155. The number of fused-ring (bicyclic) bond motifs is 1. The molecule has 8 heteroatoms. The number of H-pyrrole nitrogens is 1. The van der Waals surface area contributed by atoms with Crippen molar-refractivity contribution < 1.29 is 22.4 Å². The summed E-state index contributed by atoms with van der Waals surface area (Å²) >= 11 is 0. The standard InChI is InChI=1S/C11H11F4N3O/c1-5(12)10(19)17-6-2-8(11(13,14)15)7-4-16-18-9(7)3-6/h4,6,8H,1-3H2,(H,16,18)(H,17,19). The number of nitrogens with one attached hydrogen (secondary N) is 2. The van der Waals surface area contributed by atoms with Crippen molar-refractivity contribution in [2.24, 2.45) is 0 Å². The molecule has 0 radical (unpaired) electrons. The van der Waals surface area contributed by atoms with E-state index in [1.807, 2.05) is 0 Å². The van der Waals surface area contributed by atoms with Crippen LogP contribution in [0.15, 0.2) is 18.6 Å². The summed E-state index contributed by atoms with van der Waals surface area (Å²) in [5, 5.41) is 8.25. The zero-order chi connectivity index (χ0) is 14.2. The highest BCUT2D eigenvalue weighted by Gasteiger charge is 2.46. The highest BCUT2D eigenvalue weighted by Crippen LogP contribution is 2.42. The Bertz CT molecular complexity index is 508. The van der Waals surface area contributed by atoms with Crippen LogP contribution in [0, 0.1) is 0 Å².